The van der Waals surface area contributed by atoms with Gasteiger partial charge in [-0.2, -0.15) is 0 Å². The first-order valence-corrected chi connectivity index (χ1v) is 7.77. The van der Waals surface area contributed by atoms with Crippen molar-refractivity contribution in [3.05, 3.63) is 45.7 Å². The molecular formula is C18H21NO6. The zero-order valence-electron chi connectivity index (χ0n) is 15.1. The Hall–Kier alpha value is -2.83. The summed E-state index contributed by atoms with van der Waals surface area (Å²) >= 11 is 0. The standard InChI is InChI=1S/C18H21NO6/c1-8-7-13(11(4)24-8)17(21)25-12(5)16(20)15-9(2)14(10(3)19-15)18(22)23-6/h7,12,19H,1-6H3/t12-/m1/s1. The Bertz CT molecular complexity index is 842. The maximum atomic E-state index is 12.6. The Balaban J connectivity index is 2.22. The highest BCUT2D eigenvalue weighted by molar-refractivity contribution is 6.04. The minimum absolute atomic E-state index is 0.221. The van der Waals surface area contributed by atoms with E-state index in [9.17, 15) is 14.4 Å². The molecular weight excluding hydrogens is 326 g/mol. The van der Waals surface area contributed by atoms with Crippen LogP contribution in [-0.4, -0.2) is 35.9 Å². The van der Waals surface area contributed by atoms with Crippen molar-refractivity contribution >= 4 is 17.7 Å². The molecule has 0 unspecified atom stereocenters. The summed E-state index contributed by atoms with van der Waals surface area (Å²) < 4.78 is 15.3. The second-order valence-corrected chi connectivity index (χ2v) is 5.86. The van der Waals surface area contributed by atoms with Crippen molar-refractivity contribution in [1.29, 1.82) is 0 Å². The van der Waals surface area contributed by atoms with Crippen LogP contribution in [0.2, 0.25) is 0 Å². The Labute approximate surface area is 145 Å². The molecule has 0 fully saturated rings. The van der Waals surface area contributed by atoms with E-state index in [1.807, 2.05) is 0 Å². The first kappa shape index (κ1) is 18.5. The van der Waals surface area contributed by atoms with Crippen LogP contribution < -0.4 is 0 Å². The fourth-order valence-electron chi connectivity index (χ4n) is 2.72. The minimum atomic E-state index is -1.02. The monoisotopic (exact) mass is 347 g/mol. The van der Waals surface area contributed by atoms with Gasteiger partial charge in [0.25, 0.3) is 0 Å². The Kier molecular flexibility index (Phi) is 5.15. The Morgan fingerprint density at radius 3 is 2.28 bits per heavy atom. The van der Waals surface area contributed by atoms with Gasteiger partial charge in [0.1, 0.15) is 17.1 Å². The van der Waals surface area contributed by atoms with E-state index >= 15 is 0 Å². The topological polar surface area (TPSA) is 98.6 Å². The van der Waals surface area contributed by atoms with Crippen LogP contribution in [-0.2, 0) is 9.47 Å². The number of aromatic nitrogens is 1. The van der Waals surface area contributed by atoms with Crippen LogP contribution in [0.3, 0.4) is 0 Å². The number of H-pyrrole nitrogens is 1. The van der Waals surface area contributed by atoms with E-state index in [1.165, 1.54) is 14.0 Å². The summed E-state index contributed by atoms with van der Waals surface area (Å²) in [5.74, 6) is -0.574. The molecule has 0 spiro atoms. The van der Waals surface area contributed by atoms with Gasteiger partial charge in [-0.1, -0.05) is 0 Å². The van der Waals surface area contributed by atoms with Gasteiger partial charge in [0, 0.05) is 5.69 Å². The van der Waals surface area contributed by atoms with Crippen molar-refractivity contribution in [1.82, 2.24) is 4.98 Å². The number of Topliss-reactive ketones (excluding diaryl/α,β-unsaturated/α-hetero) is 1. The SMILES string of the molecule is COC(=O)c1c(C)[nH]c(C(=O)[C@@H](C)OC(=O)c2cc(C)oc2C)c1C. The third-order valence-corrected chi connectivity index (χ3v) is 3.99. The number of ketones is 1. The fourth-order valence-corrected chi connectivity index (χ4v) is 2.72. The number of esters is 2. The second kappa shape index (κ2) is 6.96. The molecule has 0 bridgehead atoms. The quantitative estimate of drug-likeness (QED) is 0.659. The molecule has 7 heteroatoms. The summed E-state index contributed by atoms with van der Waals surface area (Å²) in [6.07, 6.45) is -1.02. The number of furan rings is 1. The van der Waals surface area contributed by atoms with E-state index in [2.05, 4.69) is 4.98 Å². The number of hydrogen-bond donors (Lipinski definition) is 1. The van der Waals surface area contributed by atoms with Gasteiger partial charge in [0.15, 0.2) is 6.10 Å². The molecule has 0 aliphatic rings. The number of methoxy groups -OCH3 is 1. The molecule has 7 nitrogen and oxygen atoms in total. The normalized spacial score (nSPS) is 11.9. The lowest BCUT2D eigenvalue weighted by Gasteiger charge is -2.11. The van der Waals surface area contributed by atoms with Crippen molar-refractivity contribution in [2.75, 3.05) is 7.11 Å². The van der Waals surface area contributed by atoms with E-state index in [0.29, 0.717) is 28.3 Å². The summed E-state index contributed by atoms with van der Waals surface area (Å²) in [5, 5.41) is 0. The minimum Gasteiger partial charge on any atom is -0.466 e. The summed E-state index contributed by atoms with van der Waals surface area (Å²) in [6, 6.07) is 1.56. The summed E-state index contributed by atoms with van der Waals surface area (Å²) in [6.45, 7) is 8.16. The molecule has 2 aromatic rings. The molecule has 1 atom stereocenters. The fraction of sp³-hybridized carbons (Fsp3) is 0.389. The van der Waals surface area contributed by atoms with Crippen LogP contribution in [0, 0.1) is 27.7 Å². The predicted molar refractivity (Wildman–Crippen MR) is 89.0 cm³/mol. The zero-order valence-corrected chi connectivity index (χ0v) is 15.1. The largest absolute Gasteiger partial charge is 0.466 e. The van der Waals surface area contributed by atoms with Gasteiger partial charge in [0.05, 0.1) is 18.4 Å². The highest BCUT2D eigenvalue weighted by Gasteiger charge is 2.28. The van der Waals surface area contributed by atoms with Crippen LogP contribution in [0.1, 0.15) is 60.9 Å². The molecule has 134 valence electrons. The van der Waals surface area contributed by atoms with Gasteiger partial charge in [-0.05, 0) is 46.2 Å². The van der Waals surface area contributed by atoms with Gasteiger partial charge >= 0.3 is 11.9 Å². The average molecular weight is 347 g/mol. The third-order valence-electron chi connectivity index (χ3n) is 3.99. The van der Waals surface area contributed by atoms with Gasteiger partial charge in [0.2, 0.25) is 5.78 Å². The lowest BCUT2D eigenvalue weighted by Crippen LogP contribution is -2.25. The van der Waals surface area contributed by atoms with Crippen LogP contribution in [0.5, 0.6) is 0 Å². The molecule has 2 aromatic heterocycles. The summed E-state index contributed by atoms with van der Waals surface area (Å²) in [7, 11) is 1.27. The van der Waals surface area contributed by atoms with Gasteiger partial charge < -0.3 is 18.9 Å². The van der Waals surface area contributed by atoms with Crippen LogP contribution in [0.4, 0.5) is 0 Å². The Morgan fingerprint density at radius 1 is 1.12 bits per heavy atom. The van der Waals surface area contributed by atoms with Crippen LogP contribution in [0.25, 0.3) is 0 Å². The van der Waals surface area contributed by atoms with Crippen molar-refractivity contribution in [2.45, 2.75) is 40.7 Å². The van der Waals surface area contributed by atoms with Crippen LogP contribution >= 0.6 is 0 Å². The molecule has 25 heavy (non-hydrogen) atoms. The number of nitrogens with one attached hydrogen (secondary N) is 1. The summed E-state index contributed by atoms with van der Waals surface area (Å²) in [4.78, 5) is 39.5. The lowest BCUT2D eigenvalue weighted by atomic mass is 10.1. The van der Waals surface area contributed by atoms with E-state index in [4.69, 9.17) is 13.9 Å². The molecule has 1 N–H and O–H groups in total. The van der Waals surface area contributed by atoms with Gasteiger partial charge in [-0.25, -0.2) is 9.59 Å². The Morgan fingerprint density at radius 2 is 1.76 bits per heavy atom. The van der Waals surface area contributed by atoms with E-state index in [0.717, 1.165) is 0 Å². The molecule has 2 rings (SSSR count). The van der Waals surface area contributed by atoms with Crippen molar-refractivity contribution < 1.29 is 28.3 Å². The van der Waals surface area contributed by atoms with Crippen molar-refractivity contribution in [2.24, 2.45) is 0 Å². The first-order chi connectivity index (χ1) is 11.7. The maximum Gasteiger partial charge on any atom is 0.342 e. The second-order valence-electron chi connectivity index (χ2n) is 5.86. The number of carbonyl (C=O) groups excluding carboxylic acids is 3. The predicted octanol–water partition coefficient (Wildman–Crippen LogP) is 3.06. The van der Waals surface area contributed by atoms with E-state index in [1.54, 1.807) is 33.8 Å². The number of hydrogen-bond acceptors (Lipinski definition) is 6. The highest BCUT2D eigenvalue weighted by Crippen LogP contribution is 2.22. The maximum absolute atomic E-state index is 12.6. The number of rotatable bonds is 5. The highest BCUT2D eigenvalue weighted by atomic mass is 16.5. The third kappa shape index (κ3) is 3.50. The molecule has 0 radical (unpaired) electrons. The van der Waals surface area contributed by atoms with Crippen molar-refractivity contribution in [3.63, 3.8) is 0 Å². The van der Waals surface area contributed by atoms with Gasteiger partial charge in [-0.3, -0.25) is 4.79 Å². The molecule has 0 saturated carbocycles. The zero-order chi connectivity index (χ0) is 18.9. The number of carbonyl (C=O) groups is 3. The number of aryl methyl sites for hydroxylation is 3. The number of aromatic amines is 1. The summed E-state index contributed by atoms with van der Waals surface area (Å²) in [5.41, 5.74) is 1.80. The molecule has 0 amide bonds. The number of ether oxygens (including phenoxy) is 2. The van der Waals surface area contributed by atoms with Gasteiger partial charge in [-0.15, -0.1) is 0 Å². The molecule has 0 aliphatic carbocycles. The van der Waals surface area contributed by atoms with E-state index < -0.39 is 23.8 Å². The average Bonchev–Trinajstić information content (AvgIpc) is 3.04. The molecule has 0 saturated heterocycles. The molecule has 0 aliphatic heterocycles. The van der Waals surface area contributed by atoms with Crippen molar-refractivity contribution in [3.8, 4) is 0 Å². The lowest BCUT2D eigenvalue weighted by molar-refractivity contribution is 0.0315. The van der Waals surface area contributed by atoms with E-state index in [-0.39, 0.29) is 11.3 Å². The first-order valence-electron chi connectivity index (χ1n) is 7.77. The van der Waals surface area contributed by atoms with Crippen LogP contribution in [0.15, 0.2) is 10.5 Å². The molecule has 2 heterocycles. The smallest absolute Gasteiger partial charge is 0.342 e. The molecule has 0 aromatic carbocycles.